The molecule has 0 aliphatic rings. The lowest BCUT2D eigenvalue weighted by Crippen LogP contribution is -2.19. The van der Waals surface area contributed by atoms with E-state index in [1.807, 2.05) is 79.7 Å². The lowest BCUT2D eigenvalue weighted by molar-refractivity contribution is -0.132. The van der Waals surface area contributed by atoms with E-state index in [1.54, 1.807) is 6.07 Å². The van der Waals surface area contributed by atoms with E-state index in [9.17, 15) is 4.79 Å². The molecule has 0 aliphatic heterocycles. The van der Waals surface area contributed by atoms with Gasteiger partial charge >= 0.3 is 5.97 Å². The lowest BCUT2D eigenvalue weighted by Gasteiger charge is -2.12. The van der Waals surface area contributed by atoms with Gasteiger partial charge in [0.05, 0.1) is 12.8 Å². The SMILES string of the molecule is CON=C(C(=O)OC)c1ccccc1COc1ccc(C(C)=NOCc2ccccc2)cc1. The van der Waals surface area contributed by atoms with Gasteiger partial charge in [0.1, 0.15) is 26.1 Å². The highest BCUT2D eigenvalue weighted by Crippen LogP contribution is 2.18. The third-order valence-corrected chi connectivity index (χ3v) is 4.78. The van der Waals surface area contributed by atoms with Gasteiger partial charge in [0.2, 0.25) is 0 Å². The van der Waals surface area contributed by atoms with E-state index in [0.717, 1.165) is 22.4 Å². The number of carbonyl (C=O) groups is 1. The maximum atomic E-state index is 12.1. The Bertz CT molecular complexity index is 1110. The Balaban J connectivity index is 1.63. The first-order valence-electron chi connectivity index (χ1n) is 10.3. The Morgan fingerprint density at radius 2 is 1.52 bits per heavy atom. The smallest absolute Gasteiger partial charge is 0.360 e. The number of carbonyl (C=O) groups excluding carboxylic acids is 1. The number of ether oxygens (including phenoxy) is 2. The van der Waals surface area contributed by atoms with Crippen LogP contribution in [0.15, 0.2) is 89.2 Å². The summed E-state index contributed by atoms with van der Waals surface area (Å²) in [5.41, 5.74) is 4.19. The van der Waals surface area contributed by atoms with Crippen LogP contribution >= 0.6 is 0 Å². The molecule has 0 fully saturated rings. The van der Waals surface area contributed by atoms with Crippen molar-refractivity contribution in [1.29, 1.82) is 0 Å². The van der Waals surface area contributed by atoms with Gasteiger partial charge in [0.25, 0.3) is 0 Å². The second kappa shape index (κ2) is 12.0. The maximum absolute atomic E-state index is 12.1. The first-order valence-corrected chi connectivity index (χ1v) is 10.3. The summed E-state index contributed by atoms with van der Waals surface area (Å²) in [6, 6.07) is 24.7. The highest BCUT2D eigenvalue weighted by atomic mass is 16.6. The van der Waals surface area contributed by atoms with Crippen LogP contribution in [0.3, 0.4) is 0 Å². The molecule has 0 saturated heterocycles. The van der Waals surface area contributed by atoms with Crippen LogP contribution in [-0.2, 0) is 32.4 Å². The molecule has 0 aliphatic carbocycles. The van der Waals surface area contributed by atoms with Gasteiger partial charge in [-0.05, 0) is 47.9 Å². The van der Waals surface area contributed by atoms with Crippen molar-refractivity contribution in [2.24, 2.45) is 10.3 Å². The highest BCUT2D eigenvalue weighted by molar-refractivity contribution is 6.43. The minimum Gasteiger partial charge on any atom is -0.489 e. The standard InChI is InChI=1S/C26H26N2O5/c1-19(27-33-17-20-9-5-4-6-10-20)21-13-15-23(16-14-21)32-18-22-11-7-8-12-24(22)25(28-31-3)26(29)30-2/h4-16H,17-18H2,1-3H3. The van der Waals surface area contributed by atoms with E-state index in [-0.39, 0.29) is 12.3 Å². The molecule has 0 bridgehead atoms. The second-order valence-electron chi connectivity index (χ2n) is 7.02. The highest BCUT2D eigenvalue weighted by Gasteiger charge is 2.19. The maximum Gasteiger partial charge on any atom is 0.360 e. The van der Waals surface area contributed by atoms with Crippen molar-refractivity contribution in [3.63, 3.8) is 0 Å². The molecule has 3 aromatic carbocycles. The van der Waals surface area contributed by atoms with Crippen molar-refractivity contribution < 1.29 is 23.9 Å². The van der Waals surface area contributed by atoms with E-state index in [1.165, 1.54) is 14.2 Å². The third kappa shape index (κ3) is 6.67. The monoisotopic (exact) mass is 446 g/mol. The topological polar surface area (TPSA) is 78.7 Å². The van der Waals surface area contributed by atoms with Gasteiger partial charge in [0.15, 0.2) is 5.71 Å². The van der Waals surface area contributed by atoms with Crippen LogP contribution in [0.1, 0.15) is 29.2 Å². The molecule has 0 aromatic heterocycles. The average molecular weight is 447 g/mol. The van der Waals surface area contributed by atoms with E-state index < -0.39 is 5.97 Å². The van der Waals surface area contributed by atoms with Gasteiger partial charge in [-0.3, -0.25) is 0 Å². The van der Waals surface area contributed by atoms with Crippen molar-refractivity contribution >= 4 is 17.4 Å². The fraction of sp³-hybridized carbons (Fsp3) is 0.192. The van der Waals surface area contributed by atoms with Gasteiger partial charge < -0.3 is 19.1 Å². The molecule has 0 saturated carbocycles. The van der Waals surface area contributed by atoms with Gasteiger partial charge in [-0.1, -0.05) is 64.9 Å². The summed E-state index contributed by atoms with van der Waals surface area (Å²) >= 11 is 0. The van der Waals surface area contributed by atoms with Crippen LogP contribution in [0, 0.1) is 0 Å². The van der Waals surface area contributed by atoms with Crippen LogP contribution in [0.2, 0.25) is 0 Å². The summed E-state index contributed by atoms with van der Waals surface area (Å²) in [6.07, 6.45) is 0. The summed E-state index contributed by atoms with van der Waals surface area (Å²) in [5.74, 6) is 0.0905. The molecule has 0 atom stereocenters. The van der Waals surface area contributed by atoms with Crippen LogP contribution < -0.4 is 4.74 Å². The minimum atomic E-state index is -0.585. The first-order chi connectivity index (χ1) is 16.1. The summed E-state index contributed by atoms with van der Waals surface area (Å²) in [7, 11) is 2.67. The molecule has 3 aromatic rings. The molecule has 0 amide bonds. The molecule has 3 rings (SSSR count). The van der Waals surface area contributed by atoms with E-state index in [2.05, 4.69) is 10.3 Å². The fourth-order valence-electron chi connectivity index (χ4n) is 3.05. The number of nitrogens with zero attached hydrogens (tertiary/aromatic N) is 2. The predicted octanol–water partition coefficient (Wildman–Crippen LogP) is 4.73. The number of hydrogen-bond donors (Lipinski definition) is 0. The molecule has 7 nitrogen and oxygen atoms in total. The van der Waals surface area contributed by atoms with Crippen LogP contribution in [0.5, 0.6) is 5.75 Å². The normalized spacial score (nSPS) is 11.6. The zero-order valence-corrected chi connectivity index (χ0v) is 18.9. The Kier molecular flexibility index (Phi) is 8.59. The number of hydrogen-bond acceptors (Lipinski definition) is 7. The number of rotatable bonds is 10. The molecular formula is C26H26N2O5. The fourth-order valence-corrected chi connectivity index (χ4v) is 3.05. The second-order valence-corrected chi connectivity index (χ2v) is 7.02. The molecule has 0 spiro atoms. The zero-order valence-electron chi connectivity index (χ0n) is 18.9. The largest absolute Gasteiger partial charge is 0.489 e. The van der Waals surface area contributed by atoms with E-state index >= 15 is 0 Å². The zero-order chi connectivity index (χ0) is 23.5. The molecule has 7 heteroatoms. The number of esters is 1. The Hall–Kier alpha value is -4.13. The quantitative estimate of drug-likeness (QED) is 0.256. The molecule has 170 valence electrons. The van der Waals surface area contributed by atoms with Gasteiger partial charge in [-0.15, -0.1) is 0 Å². The van der Waals surface area contributed by atoms with Crippen molar-refractivity contribution in [2.75, 3.05) is 14.2 Å². The van der Waals surface area contributed by atoms with E-state index in [4.69, 9.17) is 19.1 Å². The lowest BCUT2D eigenvalue weighted by atomic mass is 10.0. The summed E-state index contributed by atoms with van der Waals surface area (Å²) in [6.45, 7) is 2.54. The van der Waals surface area contributed by atoms with Crippen LogP contribution in [0.4, 0.5) is 0 Å². The molecular weight excluding hydrogens is 420 g/mol. The van der Waals surface area contributed by atoms with Gasteiger partial charge in [0, 0.05) is 5.56 Å². The number of benzene rings is 3. The Labute approximate surface area is 193 Å². The molecule has 33 heavy (non-hydrogen) atoms. The number of methoxy groups -OCH3 is 1. The first kappa shape index (κ1) is 23.5. The van der Waals surface area contributed by atoms with Gasteiger partial charge in [-0.2, -0.15) is 0 Å². The molecule has 0 unspecified atom stereocenters. The van der Waals surface area contributed by atoms with Gasteiger partial charge in [-0.25, -0.2) is 4.79 Å². The minimum absolute atomic E-state index is 0.0805. The van der Waals surface area contributed by atoms with Crippen molar-refractivity contribution in [1.82, 2.24) is 0 Å². The van der Waals surface area contributed by atoms with Crippen molar-refractivity contribution in [2.45, 2.75) is 20.1 Å². The van der Waals surface area contributed by atoms with Crippen molar-refractivity contribution in [3.05, 3.63) is 101 Å². The molecule has 0 heterocycles. The summed E-state index contributed by atoms with van der Waals surface area (Å²) < 4.78 is 10.7. The predicted molar refractivity (Wildman–Crippen MR) is 126 cm³/mol. The van der Waals surface area contributed by atoms with Crippen LogP contribution in [0.25, 0.3) is 0 Å². The molecule has 0 N–H and O–H groups in total. The molecule has 0 radical (unpaired) electrons. The summed E-state index contributed by atoms with van der Waals surface area (Å²) in [5, 5.41) is 8.01. The van der Waals surface area contributed by atoms with Crippen LogP contribution in [-0.4, -0.2) is 31.6 Å². The Morgan fingerprint density at radius 1 is 0.818 bits per heavy atom. The average Bonchev–Trinajstić information content (AvgIpc) is 2.86. The van der Waals surface area contributed by atoms with Crippen molar-refractivity contribution in [3.8, 4) is 5.75 Å². The Morgan fingerprint density at radius 3 is 2.21 bits per heavy atom. The third-order valence-electron chi connectivity index (χ3n) is 4.78. The number of oxime groups is 2. The van der Waals surface area contributed by atoms with E-state index in [0.29, 0.717) is 17.9 Å². The summed E-state index contributed by atoms with van der Waals surface area (Å²) in [4.78, 5) is 22.4.